The zero-order valence-corrected chi connectivity index (χ0v) is 17.9. The van der Waals surface area contributed by atoms with Crippen molar-refractivity contribution in [2.45, 2.75) is 32.7 Å². The van der Waals surface area contributed by atoms with Crippen LogP contribution in [-0.4, -0.2) is 23.3 Å². The summed E-state index contributed by atoms with van der Waals surface area (Å²) < 4.78 is 7.77. The SMILES string of the molecule is CC(C)n1cc(/C=N\NC(=O)CCCOc2ccc(Cl)cc2Cl)c2ccccc21. The number of aromatic nitrogens is 1. The molecule has 0 aliphatic rings. The van der Waals surface area contributed by atoms with Crippen LogP contribution >= 0.6 is 23.2 Å². The number of nitrogens with one attached hydrogen (secondary N) is 1. The molecule has 0 saturated heterocycles. The van der Waals surface area contributed by atoms with Crippen molar-refractivity contribution >= 4 is 46.2 Å². The first-order valence-corrected chi connectivity index (χ1v) is 10.2. The highest BCUT2D eigenvalue weighted by molar-refractivity contribution is 6.35. The van der Waals surface area contributed by atoms with Crippen LogP contribution in [0.3, 0.4) is 0 Å². The topological polar surface area (TPSA) is 55.6 Å². The maximum Gasteiger partial charge on any atom is 0.240 e. The molecule has 29 heavy (non-hydrogen) atoms. The van der Waals surface area contributed by atoms with Gasteiger partial charge in [-0.05, 0) is 44.5 Å². The second-order valence-corrected chi connectivity index (χ2v) is 7.77. The number of benzene rings is 2. The van der Waals surface area contributed by atoms with Gasteiger partial charge >= 0.3 is 0 Å². The number of hydrogen-bond donors (Lipinski definition) is 1. The van der Waals surface area contributed by atoms with Crippen molar-refractivity contribution in [3.05, 3.63) is 64.3 Å². The van der Waals surface area contributed by atoms with Crippen molar-refractivity contribution in [2.75, 3.05) is 6.61 Å². The van der Waals surface area contributed by atoms with Gasteiger partial charge in [-0.2, -0.15) is 5.10 Å². The smallest absolute Gasteiger partial charge is 0.240 e. The molecule has 0 fully saturated rings. The Bertz CT molecular complexity index is 1030. The molecule has 152 valence electrons. The average molecular weight is 432 g/mol. The zero-order chi connectivity index (χ0) is 20.8. The molecule has 0 radical (unpaired) electrons. The van der Waals surface area contributed by atoms with Crippen molar-refractivity contribution in [3.8, 4) is 5.75 Å². The van der Waals surface area contributed by atoms with Crippen LogP contribution in [0.2, 0.25) is 10.0 Å². The molecule has 1 amide bonds. The molecule has 3 rings (SSSR count). The molecule has 0 saturated carbocycles. The Labute approximate surface area is 180 Å². The van der Waals surface area contributed by atoms with E-state index in [1.165, 1.54) is 0 Å². The Hall–Kier alpha value is -2.50. The van der Waals surface area contributed by atoms with E-state index in [1.54, 1.807) is 24.4 Å². The van der Waals surface area contributed by atoms with Crippen molar-refractivity contribution in [2.24, 2.45) is 5.10 Å². The quantitative estimate of drug-likeness (QED) is 0.276. The van der Waals surface area contributed by atoms with Gasteiger partial charge in [0.05, 0.1) is 17.8 Å². The Morgan fingerprint density at radius 3 is 2.79 bits per heavy atom. The van der Waals surface area contributed by atoms with Crippen LogP contribution in [0, 0.1) is 0 Å². The monoisotopic (exact) mass is 431 g/mol. The summed E-state index contributed by atoms with van der Waals surface area (Å²) in [6, 6.07) is 13.5. The second kappa shape index (κ2) is 9.81. The third-order valence-corrected chi connectivity index (χ3v) is 4.95. The van der Waals surface area contributed by atoms with Gasteiger partial charge < -0.3 is 9.30 Å². The van der Waals surface area contributed by atoms with Crippen molar-refractivity contribution in [1.29, 1.82) is 0 Å². The number of amides is 1. The molecule has 1 heterocycles. The summed E-state index contributed by atoms with van der Waals surface area (Å²) in [7, 11) is 0. The highest BCUT2D eigenvalue weighted by Gasteiger charge is 2.09. The van der Waals surface area contributed by atoms with Crippen molar-refractivity contribution in [1.82, 2.24) is 9.99 Å². The number of hydrazone groups is 1. The van der Waals surface area contributed by atoms with E-state index in [4.69, 9.17) is 27.9 Å². The Morgan fingerprint density at radius 2 is 2.03 bits per heavy atom. The number of rotatable bonds is 8. The molecule has 2 aromatic carbocycles. The normalized spacial score (nSPS) is 11.5. The Morgan fingerprint density at radius 1 is 1.24 bits per heavy atom. The predicted octanol–water partition coefficient (Wildman–Crippen LogP) is 5.84. The van der Waals surface area contributed by atoms with Gasteiger partial charge in [0.2, 0.25) is 5.91 Å². The standard InChI is InChI=1S/C22H23Cl2N3O2/c1-15(2)27-14-16(18-6-3-4-7-20(18)27)13-25-26-22(28)8-5-11-29-21-10-9-17(23)12-19(21)24/h3-4,6-7,9-10,12-15H,5,8,11H2,1-2H3,(H,26,28)/b25-13-. The van der Waals surface area contributed by atoms with E-state index in [2.05, 4.69) is 47.3 Å². The predicted molar refractivity (Wildman–Crippen MR) is 119 cm³/mol. The fourth-order valence-corrected chi connectivity index (χ4v) is 3.46. The molecule has 0 unspecified atom stereocenters. The third kappa shape index (κ3) is 5.52. The third-order valence-electron chi connectivity index (χ3n) is 4.42. The van der Waals surface area contributed by atoms with Crippen molar-refractivity contribution < 1.29 is 9.53 Å². The van der Waals surface area contributed by atoms with E-state index in [-0.39, 0.29) is 5.91 Å². The summed E-state index contributed by atoms with van der Waals surface area (Å²) in [5.41, 5.74) is 4.69. The van der Waals surface area contributed by atoms with Gasteiger partial charge in [-0.1, -0.05) is 41.4 Å². The first-order valence-electron chi connectivity index (χ1n) is 9.45. The molecule has 0 bridgehead atoms. The highest BCUT2D eigenvalue weighted by atomic mass is 35.5. The Kier molecular flexibility index (Phi) is 7.18. The molecule has 5 nitrogen and oxygen atoms in total. The minimum Gasteiger partial charge on any atom is -0.492 e. The minimum absolute atomic E-state index is 0.167. The lowest BCUT2D eigenvalue weighted by atomic mass is 10.2. The van der Waals surface area contributed by atoms with Gasteiger partial charge in [0.25, 0.3) is 0 Å². The molecular formula is C22H23Cl2N3O2. The molecule has 0 atom stereocenters. The fourth-order valence-electron chi connectivity index (χ4n) is 3.00. The van der Waals surface area contributed by atoms with E-state index in [9.17, 15) is 4.79 Å². The van der Waals surface area contributed by atoms with E-state index in [0.29, 0.717) is 41.3 Å². The summed E-state index contributed by atoms with van der Waals surface area (Å²) >= 11 is 11.9. The van der Waals surface area contributed by atoms with Crippen molar-refractivity contribution in [3.63, 3.8) is 0 Å². The van der Waals surface area contributed by atoms with E-state index < -0.39 is 0 Å². The van der Waals surface area contributed by atoms with E-state index in [1.807, 2.05) is 12.1 Å². The molecular weight excluding hydrogens is 409 g/mol. The van der Waals surface area contributed by atoms with Gasteiger partial charge in [0.1, 0.15) is 5.75 Å². The lowest BCUT2D eigenvalue weighted by Crippen LogP contribution is -2.18. The highest BCUT2D eigenvalue weighted by Crippen LogP contribution is 2.27. The van der Waals surface area contributed by atoms with Crippen LogP contribution < -0.4 is 10.2 Å². The first kappa shape index (κ1) is 21.2. The summed E-state index contributed by atoms with van der Waals surface area (Å²) in [5.74, 6) is 0.385. The van der Waals surface area contributed by atoms with Gasteiger partial charge in [-0.3, -0.25) is 4.79 Å². The van der Waals surface area contributed by atoms with Crippen LogP contribution in [0.15, 0.2) is 53.8 Å². The molecule has 3 aromatic rings. The number of hydrogen-bond acceptors (Lipinski definition) is 3. The summed E-state index contributed by atoms with van der Waals surface area (Å²) in [6.45, 7) is 4.64. The molecule has 1 aromatic heterocycles. The van der Waals surface area contributed by atoms with Gasteiger partial charge in [0.15, 0.2) is 0 Å². The average Bonchev–Trinajstić information content (AvgIpc) is 3.06. The molecule has 1 N–H and O–H groups in total. The molecule has 0 spiro atoms. The molecule has 0 aliphatic heterocycles. The van der Waals surface area contributed by atoms with Crippen LogP contribution in [-0.2, 0) is 4.79 Å². The Balaban J connectivity index is 1.49. The lowest BCUT2D eigenvalue weighted by molar-refractivity contribution is -0.121. The summed E-state index contributed by atoms with van der Waals surface area (Å²) in [5, 5.41) is 6.22. The second-order valence-electron chi connectivity index (χ2n) is 6.92. The van der Waals surface area contributed by atoms with Crippen LogP contribution in [0.5, 0.6) is 5.75 Å². The largest absolute Gasteiger partial charge is 0.492 e. The minimum atomic E-state index is -0.167. The fraction of sp³-hybridized carbons (Fsp3) is 0.273. The van der Waals surface area contributed by atoms with Gasteiger partial charge in [0, 0.05) is 40.1 Å². The summed E-state index contributed by atoms with van der Waals surface area (Å²) in [4.78, 5) is 12.0. The maximum absolute atomic E-state index is 12.0. The van der Waals surface area contributed by atoms with Crippen LogP contribution in [0.1, 0.15) is 38.3 Å². The lowest BCUT2D eigenvalue weighted by Gasteiger charge is -2.08. The zero-order valence-electron chi connectivity index (χ0n) is 16.4. The van der Waals surface area contributed by atoms with E-state index in [0.717, 1.165) is 16.5 Å². The van der Waals surface area contributed by atoms with Crippen LogP contribution in [0.25, 0.3) is 10.9 Å². The number of carbonyl (C=O) groups excluding carboxylic acids is 1. The molecule has 0 aliphatic carbocycles. The number of fused-ring (bicyclic) bond motifs is 1. The van der Waals surface area contributed by atoms with E-state index >= 15 is 0 Å². The number of halogens is 2. The maximum atomic E-state index is 12.0. The number of para-hydroxylation sites is 1. The summed E-state index contributed by atoms with van der Waals surface area (Å²) in [6.07, 6.45) is 4.58. The number of nitrogens with zero attached hydrogens (tertiary/aromatic N) is 2. The first-order chi connectivity index (χ1) is 14.0. The van der Waals surface area contributed by atoms with Gasteiger partial charge in [-0.25, -0.2) is 5.43 Å². The van der Waals surface area contributed by atoms with Crippen LogP contribution in [0.4, 0.5) is 0 Å². The molecule has 7 heteroatoms. The number of carbonyl (C=O) groups is 1. The van der Waals surface area contributed by atoms with Gasteiger partial charge in [-0.15, -0.1) is 0 Å². The number of ether oxygens (including phenoxy) is 1.